The zero-order valence-electron chi connectivity index (χ0n) is 16.5. The summed E-state index contributed by atoms with van der Waals surface area (Å²) in [4.78, 5) is 17.6. The van der Waals surface area contributed by atoms with Crippen LogP contribution in [0.3, 0.4) is 0 Å². The van der Waals surface area contributed by atoms with E-state index in [0.717, 1.165) is 15.6 Å². The Hall–Kier alpha value is -2.07. The number of sulfonamides is 1. The first-order valence-corrected chi connectivity index (χ1v) is 11.6. The van der Waals surface area contributed by atoms with Gasteiger partial charge in [0.1, 0.15) is 5.69 Å². The first-order chi connectivity index (χ1) is 13.6. The summed E-state index contributed by atoms with van der Waals surface area (Å²) in [5.74, 6) is 0. The normalized spacial score (nSPS) is 11.8. The monoisotopic (exact) mass is 452 g/mol. The summed E-state index contributed by atoms with van der Waals surface area (Å²) in [6.45, 7) is 7.37. The molecule has 3 aromatic rings. The van der Waals surface area contributed by atoms with E-state index in [4.69, 9.17) is 11.6 Å². The Labute approximate surface area is 178 Å². The van der Waals surface area contributed by atoms with Gasteiger partial charge < -0.3 is 0 Å². The van der Waals surface area contributed by atoms with Crippen LogP contribution in [-0.4, -0.2) is 29.7 Å². The van der Waals surface area contributed by atoms with Crippen molar-refractivity contribution < 1.29 is 8.42 Å². The Bertz CT molecular complexity index is 1230. The van der Waals surface area contributed by atoms with Crippen molar-refractivity contribution in [2.24, 2.45) is 0 Å². The number of benzene rings is 1. The zero-order chi connectivity index (χ0) is 21.3. The molecule has 2 aromatic heterocycles. The standard InChI is InChI=1S/C19H21ClN4O3S2/c1-11-10-17(12(2)9-15(11)20)29(26,27)21-7-8-24-18(25)6-5-16(23-24)19-13(3)22-14(4)28-19/h5-6,9-10,21H,7-8H2,1-4H3. The second-order valence-electron chi connectivity index (χ2n) is 6.69. The highest BCUT2D eigenvalue weighted by molar-refractivity contribution is 7.89. The molecule has 0 unspecified atom stereocenters. The molecule has 0 aliphatic rings. The van der Waals surface area contributed by atoms with Gasteiger partial charge in [-0.2, -0.15) is 5.10 Å². The van der Waals surface area contributed by atoms with Crippen LogP contribution in [0.15, 0.2) is 34.0 Å². The quantitative estimate of drug-likeness (QED) is 0.619. The number of aryl methyl sites for hydroxylation is 4. The molecule has 0 saturated carbocycles. The van der Waals surface area contributed by atoms with Crippen molar-refractivity contribution >= 4 is 33.0 Å². The van der Waals surface area contributed by atoms with Crippen LogP contribution in [0, 0.1) is 27.7 Å². The number of nitrogens with zero attached hydrogens (tertiary/aromatic N) is 3. The van der Waals surface area contributed by atoms with Gasteiger partial charge in [0, 0.05) is 17.6 Å². The predicted molar refractivity (Wildman–Crippen MR) is 115 cm³/mol. The lowest BCUT2D eigenvalue weighted by molar-refractivity contribution is 0.548. The minimum Gasteiger partial charge on any atom is -0.268 e. The molecule has 0 aliphatic carbocycles. The molecular weight excluding hydrogens is 432 g/mol. The molecule has 2 heterocycles. The molecule has 0 atom stereocenters. The third-order valence-corrected chi connectivity index (χ3v) is 7.47. The van der Waals surface area contributed by atoms with Gasteiger partial charge in [-0.3, -0.25) is 4.79 Å². The van der Waals surface area contributed by atoms with E-state index in [2.05, 4.69) is 14.8 Å². The molecule has 7 nitrogen and oxygen atoms in total. The van der Waals surface area contributed by atoms with Gasteiger partial charge in [-0.1, -0.05) is 11.6 Å². The highest BCUT2D eigenvalue weighted by Gasteiger charge is 2.18. The van der Waals surface area contributed by atoms with E-state index in [1.165, 1.54) is 22.1 Å². The van der Waals surface area contributed by atoms with E-state index in [0.29, 0.717) is 21.8 Å². The third kappa shape index (κ3) is 4.75. The molecule has 0 aliphatic heterocycles. The van der Waals surface area contributed by atoms with Crippen LogP contribution in [0.4, 0.5) is 0 Å². The molecule has 154 valence electrons. The number of hydrogen-bond acceptors (Lipinski definition) is 6. The zero-order valence-corrected chi connectivity index (χ0v) is 18.9. The lowest BCUT2D eigenvalue weighted by Gasteiger charge is -2.12. The summed E-state index contributed by atoms with van der Waals surface area (Å²) >= 11 is 7.55. The molecule has 0 spiro atoms. The lowest BCUT2D eigenvalue weighted by Crippen LogP contribution is -2.32. The minimum absolute atomic E-state index is 0.0283. The first-order valence-electron chi connectivity index (χ1n) is 8.87. The maximum atomic E-state index is 12.7. The summed E-state index contributed by atoms with van der Waals surface area (Å²) in [5.41, 5.74) is 2.42. The Morgan fingerprint density at radius 1 is 1.14 bits per heavy atom. The summed E-state index contributed by atoms with van der Waals surface area (Å²) in [6.07, 6.45) is 0. The molecule has 3 rings (SSSR count). The SMILES string of the molecule is Cc1nc(C)c(-c2ccc(=O)n(CCNS(=O)(=O)c3cc(C)c(Cl)cc3C)n2)s1. The van der Waals surface area contributed by atoms with Gasteiger partial charge in [0.25, 0.3) is 5.56 Å². The van der Waals surface area contributed by atoms with Gasteiger partial charge in [-0.15, -0.1) is 11.3 Å². The highest BCUT2D eigenvalue weighted by atomic mass is 35.5. The molecule has 0 radical (unpaired) electrons. The van der Waals surface area contributed by atoms with E-state index in [9.17, 15) is 13.2 Å². The molecule has 1 aromatic carbocycles. The molecule has 1 N–H and O–H groups in total. The fourth-order valence-corrected chi connectivity index (χ4v) is 5.34. The molecule has 29 heavy (non-hydrogen) atoms. The second kappa shape index (κ2) is 8.35. The van der Waals surface area contributed by atoms with E-state index in [-0.39, 0.29) is 23.5 Å². The highest BCUT2D eigenvalue weighted by Crippen LogP contribution is 2.27. The van der Waals surface area contributed by atoms with Crippen molar-refractivity contribution in [2.45, 2.75) is 39.1 Å². The van der Waals surface area contributed by atoms with Crippen molar-refractivity contribution in [1.82, 2.24) is 19.5 Å². The Morgan fingerprint density at radius 3 is 2.52 bits per heavy atom. The maximum absolute atomic E-state index is 12.7. The summed E-state index contributed by atoms with van der Waals surface area (Å²) in [6, 6.07) is 6.25. The molecule has 0 amide bonds. The molecule has 0 saturated heterocycles. The number of nitrogens with one attached hydrogen (secondary N) is 1. The number of halogens is 1. The molecule has 0 fully saturated rings. The molecule has 10 heteroatoms. The maximum Gasteiger partial charge on any atom is 0.266 e. The van der Waals surface area contributed by atoms with E-state index in [1.807, 2.05) is 13.8 Å². The van der Waals surface area contributed by atoms with Crippen molar-refractivity contribution in [3.63, 3.8) is 0 Å². The summed E-state index contributed by atoms with van der Waals surface area (Å²) in [7, 11) is -3.74. The smallest absolute Gasteiger partial charge is 0.266 e. The van der Waals surface area contributed by atoms with Crippen molar-refractivity contribution in [3.05, 3.63) is 61.5 Å². The summed E-state index contributed by atoms with van der Waals surface area (Å²) in [5, 5.41) is 5.81. The largest absolute Gasteiger partial charge is 0.268 e. The lowest BCUT2D eigenvalue weighted by atomic mass is 10.2. The van der Waals surface area contributed by atoms with Gasteiger partial charge in [0.05, 0.1) is 27.0 Å². The Morgan fingerprint density at radius 2 is 1.86 bits per heavy atom. The van der Waals surface area contributed by atoms with Crippen LogP contribution < -0.4 is 10.3 Å². The van der Waals surface area contributed by atoms with Crippen LogP contribution in [0.1, 0.15) is 21.8 Å². The van der Waals surface area contributed by atoms with Crippen LogP contribution in [0.25, 0.3) is 10.6 Å². The van der Waals surface area contributed by atoms with Gasteiger partial charge in [-0.25, -0.2) is 22.8 Å². The van der Waals surface area contributed by atoms with E-state index < -0.39 is 10.0 Å². The first kappa shape index (κ1) is 21.6. The van der Waals surface area contributed by atoms with E-state index in [1.54, 1.807) is 32.0 Å². The molecule has 0 bridgehead atoms. The van der Waals surface area contributed by atoms with Gasteiger partial charge in [-0.05, 0) is 57.0 Å². The van der Waals surface area contributed by atoms with Gasteiger partial charge in [0.15, 0.2) is 0 Å². The second-order valence-corrected chi connectivity index (χ2v) is 10.0. The fourth-order valence-electron chi connectivity index (χ4n) is 2.91. The fraction of sp³-hybridized carbons (Fsp3) is 0.316. The van der Waals surface area contributed by atoms with E-state index >= 15 is 0 Å². The number of aromatic nitrogens is 3. The predicted octanol–water partition coefficient (Wildman–Crippen LogP) is 3.23. The average molecular weight is 453 g/mol. The molecular formula is C19H21ClN4O3S2. The van der Waals surface area contributed by atoms with Crippen molar-refractivity contribution in [1.29, 1.82) is 0 Å². The average Bonchev–Trinajstić information content (AvgIpc) is 2.97. The summed E-state index contributed by atoms with van der Waals surface area (Å²) < 4.78 is 29.1. The topological polar surface area (TPSA) is 94.0 Å². The third-order valence-electron chi connectivity index (χ3n) is 4.36. The number of hydrogen-bond donors (Lipinski definition) is 1. The number of thiazole rings is 1. The number of rotatable bonds is 6. The van der Waals surface area contributed by atoms with Gasteiger partial charge >= 0.3 is 0 Å². The van der Waals surface area contributed by atoms with Gasteiger partial charge in [0.2, 0.25) is 10.0 Å². The van der Waals surface area contributed by atoms with Crippen molar-refractivity contribution in [3.8, 4) is 10.6 Å². The van der Waals surface area contributed by atoms with Crippen LogP contribution >= 0.6 is 22.9 Å². The Kier molecular flexibility index (Phi) is 6.23. The minimum atomic E-state index is -3.74. The van der Waals surface area contributed by atoms with Crippen molar-refractivity contribution in [2.75, 3.05) is 6.54 Å². The van der Waals surface area contributed by atoms with Crippen LogP contribution in [0.5, 0.6) is 0 Å². The van der Waals surface area contributed by atoms with Crippen LogP contribution in [-0.2, 0) is 16.6 Å². The Balaban J connectivity index is 1.78. The van der Waals surface area contributed by atoms with Crippen LogP contribution in [0.2, 0.25) is 5.02 Å².